The van der Waals surface area contributed by atoms with Crippen molar-refractivity contribution in [2.75, 3.05) is 13.1 Å². The molecule has 2 nitrogen and oxygen atoms in total. The van der Waals surface area contributed by atoms with E-state index in [1.165, 1.54) is 44.6 Å². The third-order valence-electron chi connectivity index (χ3n) is 5.16. The molecule has 1 aromatic carbocycles. The average Bonchev–Trinajstić information content (AvgIpc) is 3.16. The Bertz CT molecular complexity index is 496. The summed E-state index contributed by atoms with van der Waals surface area (Å²) in [5.74, 6) is 0.373. The summed E-state index contributed by atoms with van der Waals surface area (Å²) in [5.41, 5.74) is 0.245. The molecule has 2 aliphatic rings. The number of rotatable bonds is 5. The zero-order valence-electron chi connectivity index (χ0n) is 12.6. The SMILES string of the molecule is O=C(CCN1CCCC1C1CCCC1)c1ccccc1F. The first kappa shape index (κ1) is 14.7. The van der Waals surface area contributed by atoms with E-state index in [0.29, 0.717) is 12.5 Å². The largest absolute Gasteiger partial charge is 0.300 e. The molecule has 0 bridgehead atoms. The first-order valence-corrected chi connectivity index (χ1v) is 8.27. The Morgan fingerprint density at radius 2 is 1.90 bits per heavy atom. The lowest BCUT2D eigenvalue weighted by Gasteiger charge is -2.29. The quantitative estimate of drug-likeness (QED) is 0.762. The van der Waals surface area contributed by atoms with Gasteiger partial charge in [0.15, 0.2) is 5.78 Å². The topological polar surface area (TPSA) is 20.3 Å². The Kier molecular flexibility index (Phi) is 4.69. The molecule has 1 aliphatic carbocycles. The van der Waals surface area contributed by atoms with E-state index >= 15 is 0 Å². The number of carbonyl (C=O) groups is 1. The standard InChI is InChI=1S/C18H24FNO/c19-16-9-4-3-8-15(16)18(21)11-13-20-12-5-10-17(20)14-6-1-2-7-14/h3-4,8-9,14,17H,1-2,5-7,10-13H2. The van der Waals surface area contributed by atoms with Crippen molar-refractivity contribution < 1.29 is 9.18 Å². The lowest BCUT2D eigenvalue weighted by molar-refractivity contribution is 0.0947. The summed E-state index contributed by atoms with van der Waals surface area (Å²) in [6.45, 7) is 1.89. The zero-order chi connectivity index (χ0) is 14.7. The number of halogens is 1. The number of hydrogen-bond acceptors (Lipinski definition) is 2. The molecule has 0 radical (unpaired) electrons. The lowest BCUT2D eigenvalue weighted by Crippen LogP contribution is -2.36. The van der Waals surface area contributed by atoms with Crippen LogP contribution in [0.3, 0.4) is 0 Å². The molecule has 1 saturated heterocycles. The number of hydrogen-bond donors (Lipinski definition) is 0. The van der Waals surface area contributed by atoms with Crippen molar-refractivity contribution in [1.29, 1.82) is 0 Å². The molecule has 1 saturated carbocycles. The van der Waals surface area contributed by atoms with Crippen LogP contribution in [0.15, 0.2) is 24.3 Å². The normalized spacial score (nSPS) is 23.8. The second-order valence-corrected chi connectivity index (χ2v) is 6.44. The summed E-state index contributed by atoms with van der Waals surface area (Å²) < 4.78 is 13.6. The molecule has 1 atom stereocenters. The molecule has 3 heteroatoms. The van der Waals surface area contributed by atoms with Crippen LogP contribution in [-0.4, -0.2) is 29.8 Å². The van der Waals surface area contributed by atoms with Gasteiger partial charge in [0, 0.05) is 19.0 Å². The van der Waals surface area contributed by atoms with E-state index in [2.05, 4.69) is 4.90 Å². The van der Waals surface area contributed by atoms with E-state index in [-0.39, 0.29) is 11.3 Å². The van der Waals surface area contributed by atoms with Gasteiger partial charge in [-0.25, -0.2) is 4.39 Å². The molecule has 0 spiro atoms. The maximum atomic E-state index is 13.6. The van der Waals surface area contributed by atoms with Gasteiger partial charge in [0.05, 0.1) is 5.56 Å². The van der Waals surface area contributed by atoms with Gasteiger partial charge < -0.3 is 0 Å². The molecule has 21 heavy (non-hydrogen) atoms. The molecule has 1 unspecified atom stereocenters. The minimum atomic E-state index is -0.392. The monoisotopic (exact) mass is 289 g/mol. The molecule has 0 aromatic heterocycles. The van der Waals surface area contributed by atoms with E-state index in [0.717, 1.165) is 19.0 Å². The molecular formula is C18H24FNO. The molecule has 114 valence electrons. The Hall–Kier alpha value is -1.22. The highest BCUT2D eigenvalue weighted by Crippen LogP contribution is 2.35. The van der Waals surface area contributed by atoms with Crippen molar-refractivity contribution in [3.05, 3.63) is 35.6 Å². The molecular weight excluding hydrogens is 265 g/mol. The molecule has 1 heterocycles. The maximum Gasteiger partial charge on any atom is 0.167 e. The predicted octanol–water partition coefficient (Wildman–Crippen LogP) is 4.05. The summed E-state index contributed by atoms with van der Waals surface area (Å²) in [6.07, 6.45) is 8.38. The minimum absolute atomic E-state index is 0.0647. The zero-order valence-corrected chi connectivity index (χ0v) is 12.6. The summed E-state index contributed by atoms with van der Waals surface area (Å²) in [4.78, 5) is 14.7. The van der Waals surface area contributed by atoms with Crippen LogP contribution in [0.1, 0.15) is 55.3 Å². The number of likely N-dealkylation sites (tertiary alicyclic amines) is 1. The number of nitrogens with zero attached hydrogens (tertiary/aromatic N) is 1. The van der Waals surface area contributed by atoms with Gasteiger partial charge in [0.2, 0.25) is 0 Å². The van der Waals surface area contributed by atoms with Crippen molar-refractivity contribution in [2.24, 2.45) is 5.92 Å². The van der Waals surface area contributed by atoms with Crippen LogP contribution in [0.5, 0.6) is 0 Å². The minimum Gasteiger partial charge on any atom is -0.300 e. The van der Waals surface area contributed by atoms with Crippen molar-refractivity contribution in [1.82, 2.24) is 4.90 Å². The van der Waals surface area contributed by atoms with Gasteiger partial charge in [-0.2, -0.15) is 0 Å². The van der Waals surface area contributed by atoms with Crippen molar-refractivity contribution in [3.63, 3.8) is 0 Å². The van der Waals surface area contributed by atoms with E-state index in [9.17, 15) is 9.18 Å². The third kappa shape index (κ3) is 3.34. The smallest absolute Gasteiger partial charge is 0.167 e. The number of benzene rings is 1. The summed E-state index contributed by atoms with van der Waals surface area (Å²) in [6, 6.07) is 6.98. The fourth-order valence-electron chi connectivity index (χ4n) is 4.07. The molecule has 2 fully saturated rings. The third-order valence-corrected chi connectivity index (χ3v) is 5.16. The van der Waals surface area contributed by atoms with Crippen LogP contribution < -0.4 is 0 Å². The highest BCUT2D eigenvalue weighted by atomic mass is 19.1. The van der Waals surface area contributed by atoms with Gasteiger partial charge in [-0.1, -0.05) is 25.0 Å². The fraction of sp³-hybridized carbons (Fsp3) is 0.611. The molecule has 3 rings (SSSR count). The van der Waals surface area contributed by atoms with Crippen LogP contribution in [0.25, 0.3) is 0 Å². The van der Waals surface area contributed by atoms with Crippen LogP contribution in [0.2, 0.25) is 0 Å². The predicted molar refractivity (Wildman–Crippen MR) is 81.9 cm³/mol. The fourth-order valence-corrected chi connectivity index (χ4v) is 4.07. The molecule has 1 aliphatic heterocycles. The van der Waals surface area contributed by atoms with E-state index in [1.54, 1.807) is 18.2 Å². The first-order chi connectivity index (χ1) is 10.3. The van der Waals surface area contributed by atoms with Gasteiger partial charge in [0.25, 0.3) is 0 Å². The summed E-state index contributed by atoms with van der Waals surface area (Å²) in [7, 11) is 0. The Morgan fingerprint density at radius 1 is 1.14 bits per heavy atom. The van der Waals surface area contributed by atoms with Crippen LogP contribution in [-0.2, 0) is 0 Å². The van der Waals surface area contributed by atoms with Crippen molar-refractivity contribution >= 4 is 5.78 Å². The van der Waals surface area contributed by atoms with Crippen LogP contribution in [0, 0.1) is 11.7 Å². The van der Waals surface area contributed by atoms with Crippen LogP contribution in [0.4, 0.5) is 4.39 Å². The number of ketones is 1. The van der Waals surface area contributed by atoms with Crippen molar-refractivity contribution in [3.8, 4) is 0 Å². The van der Waals surface area contributed by atoms with Gasteiger partial charge in [-0.3, -0.25) is 9.69 Å². The highest BCUT2D eigenvalue weighted by Gasteiger charge is 2.33. The molecule has 0 N–H and O–H groups in total. The number of Topliss-reactive ketones (excluding diaryl/α,β-unsaturated/α-hetero) is 1. The number of carbonyl (C=O) groups excluding carboxylic acids is 1. The second-order valence-electron chi connectivity index (χ2n) is 6.44. The molecule has 1 aromatic rings. The Morgan fingerprint density at radius 3 is 2.67 bits per heavy atom. The summed E-state index contributed by atoms with van der Waals surface area (Å²) in [5, 5.41) is 0. The molecule has 0 amide bonds. The van der Waals surface area contributed by atoms with Gasteiger partial charge in [0.1, 0.15) is 5.82 Å². The van der Waals surface area contributed by atoms with E-state index in [1.807, 2.05) is 0 Å². The maximum absolute atomic E-state index is 13.6. The lowest BCUT2D eigenvalue weighted by atomic mass is 9.96. The van der Waals surface area contributed by atoms with Crippen molar-refractivity contribution in [2.45, 2.75) is 51.0 Å². The van der Waals surface area contributed by atoms with Crippen LogP contribution >= 0.6 is 0 Å². The van der Waals surface area contributed by atoms with Gasteiger partial charge in [-0.15, -0.1) is 0 Å². The second kappa shape index (κ2) is 6.69. The Balaban J connectivity index is 1.56. The summed E-state index contributed by atoms with van der Waals surface area (Å²) >= 11 is 0. The van der Waals surface area contributed by atoms with Gasteiger partial charge in [-0.05, 0) is 50.3 Å². The highest BCUT2D eigenvalue weighted by molar-refractivity contribution is 5.96. The van der Waals surface area contributed by atoms with E-state index < -0.39 is 5.82 Å². The van der Waals surface area contributed by atoms with E-state index in [4.69, 9.17) is 0 Å². The average molecular weight is 289 g/mol. The van der Waals surface area contributed by atoms with Gasteiger partial charge >= 0.3 is 0 Å². The Labute approximate surface area is 126 Å². The first-order valence-electron chi connectivity index (χ1n) is 8.27.